The molecular formula is C14H16Cl2N2S. The van der Waals surface area contributed by atoms with Gasteiger partial charge in [0.05, 0.1) is 10.7 Å². The summed E-state index contributed by atoms with van der Waals surface area (Å²) in [6.07, 6.45) is 0.989. The molecule has 1 aromatic carbocycles. The molecule has 1 heterocycles. The van der Waals surface area contributed by atoms with Gasteiger partial charge in [-0.05, 0) is 31.0 Å². The Morgan fingerprint density at radius 3 is 2.79 bits per heavy atom. The summed E-state index contributed by atoms with van der Waals surface area (Å²) in [6, 6.07) is 5.76. The maximum atomic E-state index is 6.19. The maximum Gasteiger partial charge on any atom is 0.0926 e. The number of nitrogens with one attached hydrogen (secondary N) is 1. The highest BCUT2D eigenvalue weighted by atomic mass is 35.5. The molecule has 1 unspecified atom stereocenters. The van der Waals surface area contributed by atoms with E-state index in [4.69, 9.17) is 23.2 Å². The second-order valence-electron chi connectivity index (χ2n) is 4.35. The molecule has 0 saturated heterocycles. The number of aromatic nitrogens is 1. The molecule has 0 amide bonds. The lowest BCUT2D eigenvalue weighted by molar-refractivity contribution is 0.568. The highest BCUT2D eigenvalue weighted by Crippen LogP contribution is 2.26. The van der Waals surface area contributed by atoms with Gasteiger partial charge in [-0.1, -0.05) is 36.2 Å². The van der Waals surface area contributed by atoms with Gasteiger partial charge in [0.2, 0.25) is 0 Å². The fraction of sp³-hybridized carbons (Fsp3) is 0.357. The summed E-state index contributed by atoms with van der Waals surface area (Å²) in [5.74, 6) is 0. The van der Waals surface area contributed by atoms with E-state index in [0.717, 1.165) is 24.2 Å². The van der Waals surface area contributed by atoms with Gasteiger partial charge in [-0.25, -0.2) is 4.98 Å². The first-order chi connectivity index (χ1) is 9.10. The number of benzene rings is 1. The van der Waals surface area contributed by atoms with Crippen LogP contribution in [0.2, 0.25) is 10.0 Å². The molecule has 0 radical (unpaired) electrons. The SMILES string of the molecule is CCc1nc(CNC(C)c2ccc(Cl)cc2Cl)cs1. The van der Waals surface area contributed by atoms with E-state index in [1.807, 2.05) is 12.1 Å². The molecule has 0 aliphatic heterocycles. The lowest BCUT2D eigenvalue weighted by atomic mass is 10.1. The van der Waals surface area contributed by atoms with Crippen LogP contribution < -0.4 is 5.32 Å². The van der Waals surface area contributed by atoms with E-state index in [-0.39, 0.29) is 6.04 Å². The lowest BCUT2D eigenvalue weighted by Gasteiger charge is -2.15. The van der Waals surface area contributed by atoms with E-state index >= 15 is 0 Å². The Hall–Kier alpha value is -0.610. The molecular weight excluding hydrogens is 299 g/mol. The first-order valence-corrected chi connectivity index (χ1v) is 7.85. The smallest absolute Gasteiger partial charge is 0.0926 e. The highest BCUT2D eigenvalue weighted by Gasteiger charge is 2.10. The molecule has 0 saturated carbocycles. The molecule has 2 aromatic rings. The third kappa shape index (κ3) is 3.93. The van der Waals surface area contributed by atoms with Crippen LogP contribution in [0.4, 0.5) is 0 Å². The van der Waals surface area contributed by atoms with E-state index in [0.29, 0.717) is 10.0 Å². The Balaban J connectivity index is 1.98. The van der Waals surface area contributed by atoms with Crippen LogP contribution in [-0.2, 0) is 13.0 Å². The zero-order chi connectivity index (χ0) is 13.8. The molecule has 1 atom stereocenters. The van der Waals surface area contributed by atoms with E-state index in [1.165, 1.54) is 5.01 Å². The molecule has 0 spiro atoms. The lowest BCUT2D eigenvalue weighted by Crippen LogP contribution is -2.18. The van der Waals surface area contributed by atoms with Crippen molar-refractivity contribution in [1.82, 2.24) is 10.3 Å². The van der Waals surface area contributed by atoms with Gasteiger partial charge in [0.1, 0.15) is 0 Å². The van der Waals surface area contributed by atoms with Crippen molar-refractivity contribution in [2.75, 3.05) is 0 Å². The van der Waals surface area contributed by atoms with E-state index < -0.39 is 0 Å². The van der Waals surface area contributed by atoms with Gasteiger partial charge in [0.25, 0.3) is 0 Å². The van der Waals surface area contributed by atoms with Crippen molar-refractivity contribution in [2.24, 2.45) is 0 Å². The summed E-state index contributed by atoms with van der Waals surface area (Å²) in [5.41, 5.74) is 2.13. The molecule has 0 aliphatic carbocycles. The second kappa shape index (κ2) is 6.71. The van der Waals surface area contributed by atoms with E-state index in [1.54, 1.807) is 17.4 Å². The van der Waals surface area contributed by atoms with Crippen LogP contribution in [0.25, 0.3) is 0 Å². The average Bonchev–Trinajstić information content (AvgIpc) is 2.84. The molecule has 1 N–H and O–H groups in total. The first-order valence-electron chi connectivity index (χ1n) is 6.21. The summed E-state index contributed by atoms with van der Waals surface area (Å²) in [4.78, 5) is 4.53. The highest BCUT2D eigenvalue weighted by molar-refractivity contribution is 7.09. The minimum atomic E-state index is 0.163. The minimum Gasteiger partial charge on any atom is -0.304 e. The van der Waals surface area contributed by atoms with Crippen LogP contribution >= 0.6 is 34.5 Å². The first kappa shape index (κ1) is 14.8. The number of hydrogen-bond acceptors (Lipinski definition) is 3. The predicted octanol–water partition coefficient (Wildman–Crippen LogP) is 4.86. The van der Waals surface area contributed by atoms with Gasteiger partial charge in [-0.15, -0.1) is 11.3 Å². The van der Waals surface area contributed by atoms with Gasteiger partial charge < -0.3 is 5.32 Å². The molecule has 0 bridgehead atoms. The van der Waals surface area contributed by atoms with Crippen molar-refractivity contribution in [3.8, 4) is 0 Å². The molecule has 0 aliphatic rings. The van der Waals surface area contributed by atoms with Crippen LogP contribution in [0.3, 0.4) is 0 Å². The van der Waals surface area contributed by atoms with Crippen molar-refractivity contribution in [2.45, 2.75) is 32.9 Å². The maximum absolute atomic E-state index is 6.19. The van der Waals surface area contributed by atoms with Crippen LogP contribution in [0, 0.1) is 0 Å². The number of halogens is 2. The second-order valence-corrected chi connectivity index (χ2v) is 6.14. The molecule has 2 rings (SSSR count). The molecule has 2 nitrogen and oxygen atoms in total. The number of thiazole rings is 1. The number of hydrogen-bond donors (Lipinski definition) is 1. The predicted molar refractivity (Wildman–Crippen MR) is 83.2 cm³/mol. The molecule has 19 heavy (non-hydrogen) atoms. The zero-order valence-electron chi connectivity index (χ0n) is 10.9. The third-order valence-electron chi connectivity index (χ3n) is 2.92. The van der Waals surface area contributed by atoms with Crippen molar-refractivity contribution in [3.63, 3.8) is 0 Å². The van der Waals surface area contributed by atoms with Gasteiger partial charge >= 0.3 is 0 Å². The molecule has 5 heteroatoms. The van der Waals surface area contributed by atoms with E-state index in [2.05, 4.69) is 29.5 Å². The third-order valence-corrected chi connectivity index (χ3v) is 4.52. The number of nitrogens with zero attached hydrogens (tertiary/aromatic N) is 1. The summed E-state index contributed by atoms with van der Waals surface area (Å²) >= 11 is 13.8. The zero-order valence-corrected chi connectivity index (χ0v) is 13.2. The number of rotatable bonds is 5. The Bertz CT molecular complexity index is 554. The average molecular weight is 315 g/mol. The summed E-state index contributed by atoms with van der Waals surface area (Å²) in [5, 5.41) is 8.06. The molecule has 102 valence electrons. The van der Waals surface area contributed by atoms with Crippen LogP contribution in [0.1, 0.15) is 36.2 Å². The Kier molecular flexibility index (Phi) is 5.22. The largest absolute Gasteiger partial charge is 0.304 e. The van der Waals surface area contributed by atoms with Gasteiger partial charge in [0.15, 0.2) is 0 Å². The molecule has 0 fully saturated rings. The quantitative estimate of drug-likeness (QED) is 0.852. The van der Waals surface area contributed by atoms with Crippen molar-refractivity contribution < 1.29 is 0 Å². The standard InChI is InChI=1S/C14H16Cl2N2S/c1-3-14-18-11(8-19-14)7-17-9(2)12-5-4-10(15)6-13(12)16/h4-6,8-9,17H,3,7H2,1-2H3. The van der Waals surface area contributed by atoms with Crippen LogP contribution in [-0.4, -0.2) is 4.98 Å². The number of aryl methyl sites for hydroxylation is 1. The van der Waals surface area contributed by atoms with Gasteiger partial charge in [-0.3, -0.25) is 0 Å². The van der Waals surface area contributed by atoms with Crippen molar-refractivity contribution in [1.29, 1.82) is 0 Å². The van der Waals surface area contributed by atoms with E-state index in [9.17, 15) is 0 Å². The normalized spacial score (nSPS) is 12.6. The fourth-order valence-corrected chi connectivity index (χ4v) is 3.13. The minimum absolute atomic E-state index is 0.163. The topological polar surface area (TPSA) is 24.9 Å². The Morgan fingerprint density at radius 2 is 2.16 bits per heavy atom. The van der Waals surface area contributed by atoms with Crippen LogP contribution in [0.5, 0.6) is 0 Å². The Morgan fingerprint density at radius 1 is 1.37 bits per heavy atom. The Labute approximate surface area is 127 Å². The van der Waals surface area contributed by atoms with Crippen molar-refractivity contribution >= 4 is 34.5 Å². The summed E-state index contributed by atoms with van der Waals surface area (Å²) in [7, 11) is 0. The summed E-state index contributed by atoms with van der Waals surface area (Å²) < 4.78 is 0. The fourth-order valence-electron chi connectivity index (χ4n) is 1.81. The van der Waals surface area contributed by atoms with Gasteiger partial charge in [-0.2, -0.15) is 0 Å². The summed E-state index contributed by atoms with van der Waals surface area (Å²) in [6.45, 7) is 4.95. The molecule has 1 aromatic heterocycles. The van der Waals surface area contributed by atoms with Gasteiger partial charge in [0, 0.05) is 28.0 Å². The monoisotopic (exact) mass is 314 g/mol. The van der Waals surface area contributed by atoms with Crippen molar-refractivity contribution in [3.05, 3.63) is 49.9 Å². The van der Waals surface area contributed by atoms with Crippen LogP contribution in [0.15, 0.2) is 23.6 Å².